The van der Waals surface area contributed by atoms with E-state index < -0.39 is 0 Å². The minimum Gasteiger partial charge on any atom is -0.268 e. The van der Waals surface area contributed by atoms with E-state index in [0.717, 1.165) is 5.56 Å². The van der Waals surface area contributed by atoms with Crippen LogP contribution in [-0.4, -0.2) is 12.1 Å². The van der Waals surface area contributed by atoms with Crippen LogP contribution in [0.2, 0.25) is 0 Å². The van der Waals surface area contributed by atoms with Crippen LogP contribution < -0.4 is 5.43 Å². The van der Waals surface area contributed by atoms with Gasteiger partial charge in [-0.15, -0.1) is 0 Å². The van der Waals surface area contributed by atoms with Crippen molar-refractivity contribution in [2.45, 2.75) is 13.8 Å². The fourth-order valence-electron chi connectivity index (χ4n) is 1.08. The smallest absolute Gasteiger partial charge is 0.266 e. The van der Waals surface area contributed by atoms with Crippen molar-refractivity contribution < 1.29 is 4.79 Å². The van der Waals surface area contributed by atoms with Crippen molar-refractivity contribution >= 4 is 18.2 Å². The van der Waals surface area contributed by atoms with E-state index >= 15 is 0 Å². The third-order valence-electron chi connectivity index (χ3n) is 2.21. The highest BCUT2D eigenvalue weighted by Crippen LogP contribution is 1.99. The zero-order valence-corrected chi connectivity index (χ0v) is 10.1. The highest BCUT2D eigenvalue weighted by atomic mass is 16.2. The molecule has 0 unspecified atom stereocenters. The second kappa shape index (κ2) is 7.17. The summed E-state index contributed by atoms with van der Waals surface area (Å²) in [5.74, 6) is -0.183. The molecule has 0 saturated carbocycles. The predicted octanol–water partition coefficient (Wildman–Crippen LogP) is 2.77. The van der Waals surface area contributed by atoms with Crippen LogP contribution in [0.3, 0.4) is 0 Å². The highest BCUT2D eigenvalue weighted by molar-refractivity contribution is 5.93. The molecule has 1 N–H and O–H groups in total. The van der Waals surface area contributed by atoms with Gasteiger partial charge < -0.3 is 0 Å². The number of hydrogen-bond donors (Lipinski definition) is 1. The molecule has 0 bridgehead atoms. The summed E-state index contributed by atoms with van der Waals surface area (Å²) in [6.07, 6.45) is 6.98. The van der Waals surface area contributed by atoms with Crippen molar-refractivity contribution in [3.05, 3.63) is 53.6 Å². The molecule has 17 heavy (non-hydrogen) atoms. The van der Waals surface area contributed by atoms with Gasteiger partial charge in [0.2, 0.25) is 0 Å². The van der Waals surface area contributed by atoms with Crippen molar-refractivity contribution in [2.24, 2.45) is 5.10 Å². The first-order valence-electron chi connectivity index (χ1n) is 5.42. The molecule has 3 heteroatoms. The van der Waals surface area contributed by atoms with Gasteiger partial charge in [0.05, 0.1) is 0 Å². The van der Waals surface area contributed by atoms with Crippen LogP contribution in [0.15, 0.2) is 53.2 Å². The van der Waals surface area contributed by atoms with Gasteiger partial charge in [-0.05, 0) is 25.5 Å². The minimum absolute atomic E-state index is 0.183. The molecule has 1 amide bonds. The topological polar surface area (TPSA) is 41.5 Å². The number of carbonyl (C=O) groups excluding carboxylic acids is 1. The fraction of sp³-hybridized carbons (Fsp3) is 0.143. The van der Waals surface area contributed by atoms with E-state index in [-0.39, 0.29) is 5.91 Å². The molecule has 88 valence electrons. The third-order valence-corrected chi connectivity index (χ3v) is 2.21. The van der Waals surface area contributed by atoms with Crippen molar-refractivity contribution in [3.63, 3.8) is 0 Å². The summed E-state index contributed by atoms with van der Waals surface area (Å²) in [5, 5.41) is 3.80. The number of hydrogen-bond acceptors (Lipinski definition) is 2. The van der Waals surface area contributed by atoms with Crippen LogP contribution in [0, 0.1) is 0 Å². The first-order chi connectivity index (χ1) is 8.24. The van der Waals surface area contributed by atoms with E-state index in [4.69, 9.17) is 0 Å². The normalized spacial score (nSPS) is 12.2. The average Bonchev–Trinajstić information content (AvgIpc) is 2.38. The van der Waals surface area contributed by atoms with Gasteiger partial charge in [-0.25, -0.2) is 5.43 Å². The van der Waals surface area contributed by atoms with E-state index in [1.54, 1.807) is 25.3 Å². The van der Waals surface area contributed by atoms with E-state index in [2.05, 4.69) is 10.5 Å². The molecule has 0 atom stereocenters. The van der Waals surface area contributed by atoms with Gasteiger partial charge in [-0.2, -0.15) is 5.10 Å². The fourth-order valence-corrected chi connectivity index (χ4v) is 1.08. The Kier molecular flexibility index (Phi) is 5.44. The van der Waals surface area contributed by atoms with Crippen LogP contribution in [-0.2, 0) is 4.79 Å². The summed E-state index contributed by atoms with van der Waals surface area (Å²) in [6.45, 7) is 3.55. The second-order valence-electron chi connectivity index (χ2n) is 3.46. The number of amides is 1. The van der Waals surface area contributed by atoms with Gasteiger partial charge in [0.1, 0.15) is 0 Å². The molecular formula is C14H16N2O. The monoisotopic (exact) mass is 228 g/mol. The summed E-state index contributed by atoms with van der Waals surface area (Å²) >= 11 is 0. The Morgan fingerprint density at radius 3 is 2.65 bits per heavy atom. The number of rotatable bonds is 4. The van der Waals surface area contributed by atoms with Crippen molar-refractivity contribution in [1.82, 2.24) is 5.43 Å². The van der Waals surface area contributed by atoms with E-state index in [1.807, 2.05) is 43.3 Å². The van der Waals surface area contributed by atoms with Crippen molar-refractivity contribution in [1.29, 1.82) is 0 Å². The summed E-state index contributed by atoms with van der Waals surface area (Å²) in [7, 11) is 0. The first kappa shape index (κ1) is 12.9. The number of nitrogens with zero attached hydrogens (tertiary/aromatic N) is 1. The molecule has 0 spiro atoms. The molecule has 0 aliphatic heterocycles. The van der Waals surface area contributed by atoms with Crippen LogP contribution >= 0.6 is 0 Å². The summed E-state index contributed by atoms with van der Waals surface area (Å²) in [5.41, 5.74) is 4.17. The third kappa shape index (κ3) is 4.93. The molecular weight excluding hydrogens is 212 g/mol. The standard InChI is InChI=1S/C14H16N2O/c1-3-12(2)14(17)16-15-11-7-10-13-8-5-4-6-9-13/h3-11H,1-2H3,(H,16,17)/b10-7-,12-3-,15-11+. The predicted molar refractivity (Wildman–Crippen MR) is 71.5 cm³/mol. The lowest BCUT2D eigenvalue weighted by Gasteiger charge is -1.96. The molecule has 0 aliphatic carbocycles. The Morgan fingerprint density at radius 1 is 1.29 bits per heavy atom. The number of carbonyl (C=O) groups is 1. The van der Waals surface area contributed by atoms with Gasteiger partial charge in [0.15, 0.2) is 0 Å². The lowest BCUT2D eigenvalue weighted by Crippen LogP contribution is -2.17. The maximum Gasteiger partial charge on any atom is 0.266 e. The van der Waals surface area contributed by atoms with Crippen molar-refractivity contribution in [3.8, 4) is 0 Å². The van der Waals surface area contributed by atoms with Crippen molar-refractivity contribution in [2.75, 3.05) is 0 Å². The molecule has 0 heterocycles. The lowest BCUT2D eigenvalue weighted by atomic mass is 10.2. The van der Waals surface area contributed by atoms with Crippen LogP contribution in [0.5, 0.6) is 0 Å². The largest absolute Gasteiger partial charge is 0.268 e. The second-order valence-corrected chi connectivity index (χ2v) is 3.46. The van der Waals surface area contributed by atoms with Gasteiger partial charge >= 0.3 is 0 Å². The average molecular weight is 228 g/mol. The van der Waals surface area contributed by atoms with Gasteiger partial charge in [0.25, 0.3) is 5.91 Å². The van der Waals surface area contributed by atoms with E-state index in [0.29, 0.717) is 5.57 Å². The summed E-state index contributed by atoms with van der Waals surface area (Å²) in [6, 6.07) is 9.88. The Balaban J connectivity index is 2.41. The quantitative estimate of drug-likeness (QED) is 0.480. The Bertz CT molecular complexity index is 445. The summed E-state index contributed by atoms with van der Waals surface area (Å²) < 4.78 is 0. The summed E-state index contributed by atoms with van der Waals surface area (Å²) in [4.78, 5) is 11.3. The zero-order valence-electron chi connectivity index (χ0n) is 10.1. The molecule has 3 nitrogen and oxygen atoms in total. The van der Waals surface area contributed by atoms with Gasteiger partial charge in [0, 0.05) is 11.8 Å². The zero-order chi connectivity index (χ0) is 12.5. The molecule has 1 aromatic rings. The van der Waals surface area contributed by atoms with Crippen LogP contribution in [0.4, 0.5) is 0 Å². The number of nitrogens with one attached hydrogen (secondary N) is 1. The van der Waals surface area contributed by atoms with E-state index in [1.165, 1.54) is 0 Å². The molecule has 0 aliphatic rings. The number of allylic oxidation sites excluding steroid dienone is 2. The lowest BCUT2D eigenvalue weighted by molar-refractivity contribution is -0.117. The molecule has 0 fully saturated rings. The van der Waals surface area contributed by atoms with E-state index in [9.17, 15) is 4.79 Å². The minimum atomic E-state index is -0.183. The number of hydrazone groups is 1. The SMILES string of the molecule is C/C=C(/C)C(=O)N/N=C/C=C\c1ccccc1. The molecule has 0 saturated heterocycles. The molecule has 1 rings (SSSR count). The van der Waals surface area contributed by atoms with Crippen LogP contribution in [0.1, 0.15) is 19.4 Å². The molecule has 0 aromatic heterocycles. The maximum absolute atomic E-state index is 11.3. The Labute approximate surface area is 102 Å². The highest BCUT2D eigenvalue weighted by Gasteiger charge is 1.98. The Morgan fingerprint density at radius 2 is 2.00 bits per heavy atom. The molecule has 1 aromatic carbocycles. The first-order valence-corrected chi connectivity index (χ1v) is 5.42. The molecule has 0 radical (unpaired) electrons. The van der Waals surface area contributed by atoms with Gasteiger partial charge in [-0.3, -0.25) is 4.79 Å². The van der Waals surface area contributed by atoms with Crippen LogP contribution in [0.25, 0.3) is 6.08 Å². The van der Waals surface area contributed by atoms with Gasteiger partial charge in [-0.1, -0.05) is 42.5 Å². The Hall–Kier alpha value is -2.16. The maximum atomic E-state index is 11.3. The number of benzene rings is 1.